The lowest BCUT2D eigenvalue weighted by Gasteiger charge is -2.21. The van der Waals surface area contributed by atoms with Crippen molar-refractivity contribution in [2.24, 2.45) is 0 Å². The van der Waals surface area contributed by atoms with E-state index in [2.05, 4.69) is 5.32 Å². The molecule has 6 heteroatoms. The van der Waals surface area contributed by atoms with Crippen molar-refractivity contribution in [3.63, 3.8) is 0 Å². The number of hydrogen-bond acceptors (Lipinski definition) is 3. The highest BCUT2D eigenvalue weighted by Gasteiger charge is 2.15. The smallest absolute Gasteiger partial charge is 0.321 e. The number of amides is 2. The fourth-order valence-electron chi connectivity index (χ4n) is 2.24. The van der Waals surface area contributed by atoms with Gasteiger partial charge >= 0.3 is 6.03 Å². The Bertz CT molecular complexity index is 687. The van der Waals surface area contributed by atoms with Crippen LogP contribution in [-0.2, 0) is 0 Å². The van der Waals surface area contributed by atoms with Crippen molar-refractivity contribution in [1.82, 2.24) is 4.90 Å². The summed E-state index contributed by atoms with van der Waals surface area (Å²) in [5.41, 5.74) is 1.18. The van der Waals surface area contributed by atoms with Crippen molar-refractivity contribution in [3.8, 4) is 5.75 Å². The first-order chi connectivity index (χ1) is 11.8. The van der Waals surface area contributed by atoms with Gasteiger partial charge in [0.05, 0.1) is 18.8 Å². The van der Waals surface area contributed by atoms with Gasteiger partial charge in [-0.3, -0.25) is 0 Å². The van der Waals surface area contributed by atoms with E-state index in [9.17, 15) is 14.3 Å². The summed E-state index contributed by atoms with van der Waals surface area (Å²) >= 11 is 0. The molecule has 0 radical (unpaired) electrons. The van der Waals surface area contributed by atoms with E-state index in [4.69, 9.17) is 4.74 Å². The second kappa shape index (κ2) is 8.48. The van der Waals surface area contributed by atoms with E-state index in [1.54, 1.807) is 31.3 Å². The average molecular weight is 346 g/mol. The normalized spacial score (nSPS) is 11.9. The van der Waals surface area contributed by atoms with E-state index >= 15 is 0 Å². The molecule has 2 N–H and O–H groups in total. The maximum atomic E-state index is 12.9. The number of aliphatic hydroxyl groups excluding tert-OH is 1. The number of halogens is 1. The zero-order chi connectivity index (χ0) is 18.4. The first kappa shape index (κ1) is 18.7. The van der Waals surface area contributed by atoms with Crippen molar-refractivity contribution < 1.29 is 19.0 Å². The van der Waals surface area contributed by atoms with Gasteiger partial charge in [0.15, 0.2) is 0 Å². The van der Waals surface area contributed by atoms with Crippen LogP contribution in [0.4, 0.5) is 14.9 Å². The summed E-state index contributed by atoms with van der Waals surface area (Å²) < 4.78 is 18.5. The molecular weight excluding hydrogens is 323 g/mol. The molecule has 2 rings (SSSR count). The van der Waals surface area contributed by atoms with Crippen LogP contribution in [0.3, 0.4) is 0 Å². The molecule has 0 aliphatic carbocycles. The number of carbonyl (C=O) groups excluding carboxylic acids is 1. The lowest BCUT2D eigenvalue weighted by Crippen LogP contribution is -2.34. The minimum Gasteiger partial charge on any atom is -0.491 e. The Hall–Kier alpha value is -2.60. The first-order valence-corrected chi connectivity index (χ1v) is 8.07. The minimum atomic E-state index is -0.891. The van der Waals surface area contributed by atoms with Crippen LogP contribution in [0.15, 0.2) is 48.5 Å². The van der Waals surface area contributed by atoms with Crippen molar-refractivity contribution in [2.75, 3.05) is 18.9 Å². The summed E-state index contributed by atoms with van der Waals surface area (Å²) in [6.45, 7) is 3.97. The molecule has 0 saturated carbocycles. The number of likely N-dealkylation sites (N-methyl/N-ethyl adjacent to an activating group) is 1. The summed E-state index contributed by atoms with van der Waals surface area (Å²) in [4.78, 5) is 13.6. The Balaban J connectivity index is 1.90. The van der Waals surface area contributed by atoms with Gasteiger partial charge in [0.25, 0.3) is 0 Å². The lowest BCUT2D eigenvalue weighted by molar-refractivity contribution is 0.136. The van der Waals surface area contributed by atoms with Crippen molar-refractivity contribution in [2.45, 2.75) is 26.1 Å². The minimum absolute atomic E-state index is 0.0829. The summed E-state index contributed by atoms with van der Waals surface area (Å²) in [5.74, 6) is 0.361. The van der Waals surface area contributed by atoms with E-state index < -0.39 is 6.10 Å². The molecule has 0 aliphatic heterocycles. The quantitative estimate of drug-likeness (QED) is 0.836. The van der Waals surface area contributed by atoms with E-state index in [0.29, 0.717) is 11.3 Å². The number of anilines is 1. The van der Waals surface area contributed by atoms with E-state index in [-0.39, 0.29) is 24.5 Å². The summed E-state index contributed by atoms with van der Waals surface area (Å²) in [7, 11) is 1.58. The van der Waals surface area contributed by atoms with Crippen LogP contribution in [0, 0.1) is 5.82 Å². The van der Waals surface area contributed by atoms with Gasteiger partial charge in [-0.1, -0.05) is 12.1 Å². The number of hydrogen-bond donors (Lipinski definition) is 2. The topological polar surface area (TPSA) is 61.8 Å². The van der Waals surface area contributed by atoms with Crippen LogP contribution in [-0.4, -0.2) is 35.7 Å². The zero-order valence-electron chi connectivity index (χ0n) is 14.6. The molecule has 0 fully saturated rings. The summed E-state index contributed by atoms with van der Waals surface area (Å²) in [6.07, 6.45) is -0.808. The van der Waals surface area contributed by atoms with E-state index in [0.717, 1.165) is 5.75 Å². The maximum absolute atomic E-state index is 12.9. The molecule has 5 nitrogen and oxygen atoms in total. The molecule has 0 aromatic heterocycles. The van der Waals surface area contributed by atoms with Crippen molar-refractivity contribution >= 4 is 11.7 Å². The van der Waals surface area contributed by atoms with Crippen LogP contribution in [0.1, 0.15) is 25.5 Å². The Morgan fingerprint density at radius 3 is 2.32 bits per heavy atom. The molecule has 0 heterocycles. The average Bonchev–Trinajstić information content (AvgIpc) is 2.56. The maximum Gasteiger partial charge on any atom is 0.321 e. The third-order valence-corrected chi connectivity index (χ3v) is 3.53. The molecule has 2 aromatic carbocycles. The molecule has 0 saturated heterocycles. The largest absolute Gasteiger partial charge is 0.491 e. The van der Waals surface area contributed by atoms with Gasteiger partial charge in [-0.15, -0.1) is 0 Å². The standard InChI is InChI=1S/C19H23FN2O3/c1-13(2)25-17-10-8-16(9-11-17)21-19(24)22(3)12-18(23)14-4-6-15(20)7-5-14/h4-11,13,18,23H,12H2,1-3H3,(H,21,24)/t18-/m1/s1. The predicted octanol–water partition coefficient (Wildman–Crippen LogP) is 3.81. The fraction of sp³-hybridized carbons (Fsp3) is 0.316. The number of rotatable bonds is 6. The SMILES string of the molecule is CC(C)Oc1ccc(NC(=O)N(C)C[C@@H](O)c2ccc(F)cc2)cc1. The summed E-state index contributed by atoms with van der Waals surface area (Å²) in [6, 6.07) is 12.3. The number of urea groups is 1. The Morgan fingerprint density at radius 2 is 1.76 bits per heavy atom. The van der Waals surface area contributed by atoms with Crippen LogP contribution in [0.25, 0.3) is 0 Å². The second-order valence-electron chi connectivity index (χ2n) is 6.07. The number of benzene rings is 2. The molecule has 0 spiro atoms. The Kier molecular flexibility index (Phi) is 6.36. The third-order valence-electron chi connectivity index (χ3n) is 3.53. The lowest BCUT2D eigenvalue weighted by atomic mass is 10.1. The van der Waals surface area contributed by atoms with Gasteiger partial charge < -0.3 is 20.1 Å². The highest BCUT2D eigenvalue weighted by Crippen LogP contribution is 2.18. The van der Waals surface area contributed by atoms with Crippen LogP contribution >= 0.6 is 0 Å². The monoisotopic (exact) mass is 346 g/mol. The van der Waals surface area contributed by atoms with Gasteiger partial charge in [-0.25, -0.2) is 9.18 Å². The predicted molar refractivity (Wildman–Crippen MR) is 95.2 cm³/mol. The van der Waals surface area contributed by atoms with Crippen molar-refractivity contribution in [3.05, 3.63) is 59.9 Å². The highest BCUT2D eigenvalue weighted by atomic mass is 19.1. The second-order valence-corrected chi connectivity index (χ2v) is 6.07. The molecular formula is C19H23FN2O3. The number of ether oxygens (including phenoxy) is 1. The molecule has 134 valence electrons. The van der Waals surface area contributed by atoms with Gasteiger partial charge in [0.2, 0.25) is 0 Å². The molecule has 2 aromatic rings. The Morgan fingerprint density at radius 1 is 1.16 bits per heavy atom. The van der Waals surface area contributed by atoms with Crippen LogP contribution in [0.5, 0.6) is 5.75 Å². The van der Waals surface area contributed by atoms with Crippen molar-refractivity contribution in [1.29, 1.82) is 0 Å². The molecule has 0 unspecified atom stereocenters. The van der Waals surface area contributed by atoms with E-state index in [1.807, 2.05) is 13.8 Å². The fourth-order valence-corrected chi connectivity index (χ4v) is 2.24. The molecule has 0 bridgehead atoms. The molecule has 2 amide bonds. The summed E-state index contributed by atoms with van der Waals surface area (Å²) in [5, 5.41) is 12.9. The number of aliphatic hydroxyl groups is 1. The molecule has 0 aliphatic rings. The van der Waals surface area contributed by atoms with Gasteiger partial charge in [0, 0.05) is 12.7 Å². The third kappa shape index (κ3) is 5.76. The number of carbonyl (C=O) groups is 1. The molecule has 1 atom stereocenters. The van der Waals surface area contributed by atoms with Gasteiger partial charge in [-0.2, -0.15) is 0 Å². The van der Waals surface area contributed by atoms with Gasteiger partial charge in [0.1, 0.15) is 11.6 Å². The van der Waals surface area contributed by atoms with E-state index in [1.165, 1.54) is 29.2 Å². The van der Waals surface area contributed by atoms with Crippen LogP contribution < -0.4 is 10.1 Å². The first-order valence-electron chi connectivity index (χ1n) is 8.07. The highest BCUT2D eigenvalue weighted by molar-refractivity contribution is 5.89. The number of nitrogens with zero attached hydrogens (tertiary/aromatic N) is 1. The Labute approximate surface area is 147 Å². The number of nitrogens with one attached hydrogen (secondary N) is 1. The zero-order valence-corrected chi connectivity index (χ0v) is 14.6. The van der Waals surface area contributed by atoms with Crippen LogP contribution in [0.2, 0.25) is 0 Å². The molecule has 25 heavy (non-hydrogen) atoms. The van der Waals surface area contributed by atoms with Gasteiger partial charge in [-0.05, 0) is 55.8 Å².